The number of pyridine rings is 1. The number of halogens is 3. The second-order valence-corrected chi connectivity index (χ2v) is 8.59. The molecule has 0 unspecified atom stereocenters. The minimum absolute atomic E-state index is 0.369. The van der Waals surface area contributed by atoms with Gasteiger partial charge in [-0.25, -0.2) is 18.2 Å². The first-order valence-electron chi connectivity index (χ1n) is 7.52. The van der Waals surface area contributed by atoms with Gasteiger partial charge in [-0.2, -0.15) is 17.5 Å². The number of fused-ring (bicyclic) bond motifs is 1. The van der Waals surface area contributed by atoms with Crippen LogP contribution in [0.3, 0.4) is 0 Å². The van der Waals surface area contributed by atoms with Crippen molar-refractivity contribution >= 4 is 33.1 Å². The summed E-state index contributed by atoms with van der Waals surface area (Å²) in [6.45, 7) is 1.47. The van der Waals surface area contributed by atoms with E-state index in [2.05, 4.69) is 4.98 Å². The second-order valence-electron chi connectivity index (χ2n) is 5.48. The Morgan fingerprint density at radius 1 is 1.26 bits per heavy atom. The summed E-state index contributed by atoms with van der Waals surface area (Å²) in [7, 11) is -1.47. The molecule has 7 nitrogen and oxygen atoms in total. The van der Waals surface area contributed by atoms with Crippen molar-refractivity contribution < 1.29 is 31.5 Å². The highest BCUT2D eigenvalue weighted by atomic mass is 32.2. The van der Waals surface area contributed by atoms with Crippen LogP contribution in [0.25, 0.3) is 0 Å². The molecule has 148 valence electrons. The van der Waals surface area contributed by atoms with Gasteiger partial charge in [-0.15, -0.1) is 11.3 Å². The highest BCUT2D eigenvalue weighted by Gasteiger charge is 2.38. The normalized spacial score (nSPS) is 15.3. The number of likely N-dealkylation sites (N-methyl/N-ethyl adjacent to an activating group) is 1. The number of thiophene rings is 1. The minimum Gasteiger partial charge on any atom is -0.475 e. The van der Waals surface area contributed by atoms with Gasteiger partial charge in [0.1, 0.15) is 10.0 Å². The Labute approximate surface area is 157 Å². The van der Waals surface area contributed by atoms with E-state index in [-0.39, 0.29) is 0 Å². The van der Waals surface area contributed by atoms with Gasteiger partial charge in [0.05, 0.1) is 0 Å². The molecular weight excluding hydrogens is 407 g/mol. The predicted octanol–water partition coefficient (Wildman–Crippen LogP) is 2.42. The molecule has 0 aliphatic carbocycles. The fourth-order valence-corrected chi connectivity index (χ4v) is 4.83. The van der Waals surface area contributed by atoms with Crippen LogP contribution in [0.1, 0.15) is 5.56 Å². The fraction of sp³-hybridized carbons (Fsp3) is 0.333. The Morgan fingerprint density at radius 2 is 1.93 bits per heavy atom. The van der Waals surface area contributed by atoms with E-state index in [1.54, 1.807) is 23.7 Å². The van der Waals surface area contributed by atoms with Crippen LogP contribution in [0.5, 0.6) is 0 Å². The highest BCUT2D eigenvalue weighted by Crippen LogP contribution is 2.27. The number of nitrogens with zero attached hydrogens (tertiary/aromatic N) is 3. The SMILES string of the molecule is CN1CCN(S(=O)(=O)c2cccs2)Cc2cccnc21.O=C(O)C(F)(F)F. The summed E-state index contributed by atoms with van der Waals surface area (Å²) in [4.78, 5) is 15.2. The van der Waals surface area contributed by atoms with Crippen molar-refractivity contribution in [2.75, 3.05) is 25.0 Å². The van der Waals surface area contributed by atoms with Gasteiger partial charge < -0.3 is 10.0 Å². The van der Waals surface area contributed by atoms with Crippen LogP contribution in [-0.4, -0.2) is 55.1 Å². The van der Waals surface area contributed by atoms with Crippen molar-refractivity contribution in [3.05, 3.63) is 41.4 Å². The first-order valence-corrected chi connectivity index (χ1v) is 9.84. The third kappa shape index (κ3) is 5.17. The first kappa shape index (κ1) is 21.1. The molecule has 3 heterocycles. The van der Waals surface area contributed by atoms with Crippen LogP contribution in [-0.2, 0) is 21.4 Å². The molecule has 0 aromatic carbocycles. The largest absolute Gasteiger partial charge is 0.490 e. The van der Waals surface area contributed by atoms with Crippen LogP contribution in [0.4, 0.5) is 19.0 Å². The molecule has 3 rings (SSSR count). The average Bonchev–Trinajstić information content (AvgIpc) is 3.08. The van der Waals surface area contributed by atoms with E-state index in [0.29, 0.717) is 23.8 Å². The molecule has 0 saturated carbocycles. The van der Waals surface area contributed by atoms with Gasteiger partial charge in [0.2, 0.25) is 0 Å². The van der Waals surface area contributed by atoms with E-state index >= 15 is 0 Å². The lowest BCUT2D eigenvalue weighted by Crippen LogP contribution is -2.34. The molecule has 0 bridgehead atoms. The number of hydrogen-bond donors (Lipinski definition) is 1. The van der Waals surface area contributed by atoms with Gasteiger partial charge in [-0.3, -0.25) is 0 Å². The molecule has 2 aromatic heterocycles. The molecule has 1 N–H and O–H groups in total. The zero-order valence-corrected chi connectivity index (χ0v) is 15.7. The summed E-state index contributed by atoms with van der Waals surface area (Å²) in [6, 6.07) is 7.19. The number of aliphatic carboxylic acids is 1. The molecule has 0 spiro atoms. The van der Waals surface area contributed by atoms with Crippen molar-refractivity contribution in [1.82, 2.24) is 9.29 Å². The fourth-order valence-electron chi connectivity index (χ4n) is 2.28. The van der Waals surface area contributed by atoms with E-state index in [1.807, 2.05) is 24.1 Å². The number of carbonyl (C=O) groups is 1. The van der Waals surface area contributed by atoms with Crippen LogP contribution < -0.4 is 4.90 Å². The van der Waals surface area contributed by atoms with E-state index in [0.717, 1.165) is 11.4 Å². The van der Waals surface area contributed by atoms with Gasteiger partial charge in [0, 0.05) is 38.4 Å². The van der Waals surface area contributed by atoms with Gasteiger partial charge in [-0.1, -0.05) is 12.1 Å². The minimum atomic E-state index is -5.08. The molecule has 1 aliphatic heterocycles. The van der Waals surface area contributed by atoms with Gasteiger partial charge in [-0.05, 0) is 17.5 Å². The maximum absolute atomic E-state index is 12.6. The third-order valence-electron chi connectivity index (χ3n) is 3.59. The number of aromatic nitrogens is 1. The zero-order chi connectivity index (χ0) is 20.2. The number of anilines is 1. The van der Waals surface area contributed by atoms with Crippen molar-refractivity contribution in [3.63, 3.8) is 0 Å². The zero-order valence-electron chi connectivity index (χ0n) is 14.0. The Kier molecular flexibility index (Phi) is 6.44. The summed E-state index contributed by atoms with van der Waals surface area (Å²) in [6.07, 6.45) is -3.35. The number of alkyl halides is 3. The van der Waals surface area contributed by atoms with E-state index in [1.165, 1.54) is 15.6 Å². The van der Waals surface area contributed by atoms with Crippen molar-refractivity contribution in [3.8, 4) is 0 Å². The summed E-state index contributed by atoms with van der Waals surface area (Å²) >= 11 is 1.25. The van der Waals surface area contributed by atoms with E-state index in [4.69, 9.17) is 9.90 Å². The monoisotopic (exact) mass is 423 g/mol. The molecule has 0 saturated heterocycles. The number of carboxylic acid groups (broad SMARTS) is 1. The van der Waals surface area contributed by atoms with E-state index < -0.39 is 22.2 Å². The number of hydrogen-bond acceptors (Lipinski definition) is 6. The van der Waals surface area contributed by atoms with Crippen molar-refractivity contribution in [2.24, 2.45) is 0 Å². The summed E-state index contributed by atoms with van der Waals surface area (Å²) < 4.78 is 58.9. The van der Waals surface area contributed by atoms with E-state index in [9.17, 15) is 21.6 Å². The topological polar surface area (TPSA) is 90.8 Å². The molecular formula is C15H16F3N3O4S2. The van der Waals surface area contributed by atoms with Crippen molar-refractivity contribution in [2.45, 2.75) is 16.9 Å². The van der Waals surface area contributed by atoms with Crippen LogP contribution in [0, 0.1) is 0 Å². The molecule has 2 aromatic rings. The predicted molar refractivity (Wildman–Crippen MR) is 93.1 cm³/mol. The number of carboxylic acids is 1. The first-order chi connectivity index (χ1) is 12.5. The molecule has 0 atom stereocenters. The maximum atomic E-state index is 12.6. The lowest BCUT2D eigenvalue weighted by atomic mass is 10.2. The highest BCUT2D eigenvalue weighted by molar-refractivity contribution is 7.91. The Hall–Kier alpha value is -2.18. The Morgan fingerprint density at radius 3 is 2.48 bits per heavy atom. The molecule has 0 radical (unpaired) electrons. The summed E-state index contributed by atoms with van der Waals surface area (Å²) in [5.41, 5.74) is 0.938. The molecule has 12 heteroatoms. The molecule has 0 amide bonds. The second kappa shape index (κ2) is 8.23. The van der Waals surface area contributed by atoms with Crippen LogP contribution in [0.2, 0.25) is 0 Å². The Balaban J connectivity index is 0.000000321. The van der Waals surface area contributed by atoms with Crippen LogP contribution in [0.15, 0.2) is 40.1 Å². The number of rotatable bonds is 2. The lowest BCUT2D eigenvalue weighted by Gasteiger charge is -2.19. The maximum Gasteiger partial charge on any atom is 0.490 e. The smallest absolute Gasteiger partial charge is 0.475 e. The van der Waals surface area contributed by atoms with Crippen molar-refractivity contribution in [1.29, 1.82) is 0 Å². The van der Waals surface area contributed by atoms with Crippen LogP contribution >= 0.6 is 11.3 Å². The molecule has 0 fully saturated rings. The average molecular weight is 423 g/mol. The lowest BCUT2D eigenvalue weighted by molar-refractivity contribution is -0.192. The van der Waals surface area contributed by atoms with Gasteiger partial charge in [0.15, 0.2) is 0 Å². The third-order valence-corrected chi connectivity index (χ3v) is 6.81. The molecule has 1 aliphatic rings. The van der Waals surface area contributed by atoms with Gasteiger partial charge in [0.25, 0.3) is 10.0 Å². The summed E-state index contributed by atoms with van der Waals surface area (Å²) in [5, 5.41) is 8.91. The number of sulfonamides is 1. The standard InChI is InChI=1S/C13H15N3O2S2.C2HF3O2/c1-15-7-8-16(10-11-4-2-6-14-13(11)15)20(17,18)12-5-3-9-19-12;3-2(4,5)1(6)7/h2-6,9H,7-8,10H2,1H3;(H,6,7). The molecule has 27 heavy (non-hydrogen) atoms. The quantitative estimate of drug-likeness (QED) is 0.798. The Bertz CT molecular complexity index is 886. The van der Waals surface area contributed by atoms with Gasteiger partial charge >= 0.3 is 12.1 Å². The summed E-state index contributed by atoms with van der Waals surface area (Å²) in [5.74, 6) is -1.90.